The van der Waals surface area contributed by atoms with Gasteiger partial charge >= 0.3 is 0 Å². The van der Waals surface area contributed by atoms with Crippen LogP contribution >= 0.6 is 0 Å². The fourth-order valence-corrected chi connectivity index (χ4v) is 5.94. The van der Waals surface area contributed by atoms with Gasteiger partial charge < -0.3 is 5.32 Å². The van der Waals surface area contributed by atoms with Gasteiger partial charge in [0.1, 0.15) is 0 Å². The average molecular weight is 519 g/mol. The summed E-state index contributed by atoms with van der Waals surface area (Å²) < 4.78 is 2.03. The normalized spacial score (nSPS) is 17.3. The van der Waals surface area contributed by atoms with Crippen molar-refractivity contribution in [3.05, 3.63) is 96.1 Å². The highest BCUT2D eigenvalue weighted by Crippen LogP contribution is 2.31. The lowest BCUT2D eigenvalue weighted by Gasteiger charge is -2.29. The Bertz CT molecular complexity index is 1490. The second-order valence-electron chi connectivity index (χ2n) is 11.1. The predicted octanol–water partition coefficient (Wildman–Crippen LogP) is 7.44. The molecule has 5 nitrogen and oxygen atoms in total. The average Bonchev–Trinajstić information content (AvgIpc) is 3.36. The molecule has 5 rings (SSSR count). The van der Waals surface area contributed by atoms with E-state index in [0.717, 1.165) is 54.7 Å². The van der Waals surface area contributed by atoms with Gasteiger partial charge in [0.25, 0.3) is 0 Å². The summed E-state index contributed by atoms with van der Waals surface area (Å²) in [6.45, 7) is 10.9. The van der Waals surface area contributed by atoms with E-state index in [4.69, 9.17) is 10.1 Å². The number of ketones is 1. The molecule has 1 aliphatic carbocycles. The molecule has 200 valence electrons. The zero-order chi connectivity index (χ0) is 27.4. The lowest BCUT2D eigenvalue weighted by molar-refractivity contribution is -0.115. The van der Waals surface area contributed by atoms with Crippen molar-refractivity contribution >= 4 is 11.4 Å². The van der Waals surface area contributed by atoms with Crippen molar-refractivity contribution in [2.24, 2.45) is 5.92 Å². The predicted molar refractivity (Wildman–Crippen MR) is 159 cm³/mol. The Hall–Kier alpha value is -3.79. The SMILES string of the molecule is C=C=CC(=O)CC1CCC(NCc2nc3c(-c4ccc(-c5ccccc5)cc4)cnn3c(C(C)C)c2C)CC1. The first-order valence-electron chi connectivity index (χ1n) is 14.1. The number of hydrogen-bond donors (Lipinski definition) is 1. The van der Waals surface area contributed by atoms with Crippen LogP contribution in [0.2, 0.25) is 0 Å². The van der Waals surface area contributed by atoms with Crippen molar-refractivity contribution in [1.29, 1.82) is 0 Å². The van der Waals surface area contributed by atoms with Gasteiger partial charge in [-0.15, -0.1) is 5.73 Å². The van der Waals surface area contributed by atoms with E-state index < -0.39 is 0 Å². The highest BCUT2D eigenvalue weighted by Gasteiger charge is 2.24. The first-order valence-corrected chi connectivity index (χ1v) is 14.1. The largest absolute Gasteiger partial charge is 0.308 e. The van der Waals surface area contributed by atoms with Crippen LogP contribution in [0.5, 0.6) is 0 Å². The van der Waals surface area contributed by atoms with Crippen molar-refractivity contribution in [3.8, 4) is 22.3 Å². The van der Waals surface area contributed by atoms with Crippen molar-refractivity contribution in [1.82, 2.24) is 19.9 Å². The Kier molecular flexibility index (Phi) is 8.21. The van der Waals surface area contributed by atoms with Crippen LogP contribution in [0.4, 0.5) is 0 Å². The minimum Gasteiger partial charge on any atom is -0.308 e. The molecule has 2 aromatic heterocycles. The van der Waals surface area contributed by atoms with Crippen LogP contribution in [0, 0.1) is 12.8 Å². The van der Waals surface area contributed by atoms with Crippen molar-refractivity contribution in [2.75, 3.05) is 0 Å². The minimum absolute atomic E-state index is 0.141. The van der Waals surface area contributed by atoms with Gasteiger partial charge in [0.2, 0.25) is 0 Å². The standard InChI is InChI=1S/C34H38N4O/c1-5-9-30(39)20-25-12-18-29(19-13-25)35-22-32-24(4)33(23(2)3)38-34(37-32)31(21-36-38)28-16-14-27(15-17-28)26-10-7-6-8-11-26/h6-11,14-17,21,23,25,29,35H,1,12-13,18-20,22H2,2-4H3. The molecule has 2 aromatic carbocycles. The molecule has 0 unspecified atom stereocenters. The number of hydrogen-bond acceptors (Lipinski definition) is 4. The monoisotopic (exact) mass is 518 g/mol. The van der Waals surface area contributed by atoms with E-state index in [-0.39, 0.29) is 5.78 Å². The van der Waals surface area contributed by atoms with E-state index in [2.05, 4.69) is 86.9 Å². The topological polar surface area (TPSA) is 59.3 Å². The van der Waals surface area contributed by atoms with E-state index >= 15 is 0 Å². The van der Waals surface area contributed by atoms with Gasteiger partial charge in [-0.1, -0.05) is 75.0 Å². The summed E-state index contributed by atoms with van der Waals surface area (Å²) in [6, 6.07) is 19.6. The number of nitrogens with one attached hydrogen (secondary N) is 1. The smallest absolute Gasteiger partial charge is 0.163 e. The summed E-state index contributed by atoms with van der Waals surface area (Å²) in [5.74, 6) is 0.925. The maximum atomic E-state index is 11.9. The number of carbonyl (C=O) groups is 1. The van der Waals surface area contributed by atoms with Gasteiger partial charge in [0.15, 0.2) is 11.4 Å². The van der Waals surface area contributed by atoms with E-state index in [1.54, 1.807) is 0 Å². The summed E-state index contributed by atoms with van der Waals surface area (Å²) in [7, 11) is 0. The van der Waals surface area contributed by atoms with E-state index in [1.807, 2.05) is 16.8 Å². The van der Waals surface area contributed by atoms with Gasteiger partial charge in [-0.3, -0.25) is 4.79 Å². The van der Waals surface area contributed by atoms with Gasteiger partial charge in [-0.05, 0) is 66.7 Å². The number of allylic oxidation sites excluding steroid dienone is 1. The molecule has 4 aromatic rings. The van der Waals surface area contributed by atoms with Crippen LogP contribution in [-0.2, 0) is 11.3 Å². The lowest BCUT2D eigenvalue weighted by Crippen LogP contribution is -2.33. The number of rotatable bonds is 9. The molecule has 0 spiro atoms. The fraction of sp³-hybridized carbons (Fsp3) is 0.353. The number of nitrogens with zero attached hydrogens (tertiary/aromatic N) is 3. The molecule has 1 N–H and O–H groups in total. The zero-order valence-corrected chi connectivity index (χ0v) is 23.3. The first-order chi connectivity index (χ1) is 18.9. The van der Waals surface area contributed by atoms with Crippen LogP contribution in [0.15, 0.2) is 79.2 Å². The summed E-state index contributed by atoms with van der Waals surface area (Å²) in [5.41, 5.74) is 11.6. The Labute approximate surface area is 231 Å². The van der Waals surface area contributed by atoms with Gasteiger partial charge in [0, 0.05) is 30.6 Å². The molecule has 0 amide bonds. The number of aromatic nitrogens is 3. The van der Waals surface area contributed by atoms with E-state index in [9.17, 15) is 4.79 Å². The Morgan fingerprint density at radius 1 is 1.05 bits per heavy atom. The summed E-state index contributed by atoms with van der Waals surface area (Å²) in [6.07, 6.45) is 8.35. The van der Waals surface area contributed by atoms with E-state index in [1.165, 1.54) is 28.5 Å². The fourth-order valence-electron chi connectivity index (χ4n) is 5.94. The second-order valence-corrected chi connectivity index (χ2v) is 11.1. The molecule has 1 fully saturated rings. The zero-order valence-electron chi connectivity index (χ0n) is 23.3. The summed E-state index contributed by atoms with van der Waals surface area (Å²) in [4.78, 5) is 17.1. The molecule has 1 aliphatic rings. The number of carbonyl (C=O) groups excluding carboxylic acids is 1. The molecule has 1 saturated carbocycles. The maximum absolute atomic E-state index is 11.9. The number of benzene rings is 2. The van der Waals surface area contributed by atoms with Crippen LogP contribution in [-0.4, -0.2) is 26.4 Å². The van der Waals surface area contributed by atoms with Crippen LogP contribution in [0.25, 0.3) is 27.9 Å². The first kappa shape index (κ1) is 26.8. The maximum Gasteiger partial charge on any atom is 0.163 e. The van der Waals surface area contributed by atoms with Crippen LogP contribution in [0.3, 0.4) is 0 Å². The Morgan fingerprint density at radius 2 is 1.72 bits per heavy atom. The van der Waals surface area contributed by atoms with Crippen molar-refractivity contribution in [2.45, 2.75) is 71.4 Å². The molecule has 0 atom stereocenters. The Morgan fingerprint density at radius 3 is 2.38 bits per heavy atom. The molecule has 0 saturated heterocycles. The van der Waals surface area contributed by atoms with Crippen LogP contribution in [0.1, 0.15) is 68.8 Å². The van der Waals surface area contributed by atoms with Gasteiger partial charge in [-0.25, -0.2) is 9.50 Å². The quantitative estimate of drug-likeness (QED) is 0.185. The summed E-state index contributed by atoms with van der Waals surface area (Å²) in [5, 5.41) is 8.57. The third-order valence-electron chi connectivity index (χ3n) is 8.04. The molecular weight excluding hydrogens is 480 g/mol. The van der Waals surface area contributed by atoms with Gasteiger partial charge in [-0.2, -0.15) is 5.10 Å². The van der Waals surface area contributed by atoms with Gasteiger partial charge in [0.05, 0.1) is 17.6 Å². The second kappa shape index (κ2) is 11.9. The highest BCUT2D eigenvalue weighted by molar-refractivity contribution is 5.89. The summed E-state index contributed by atoms with van der Waals surface area (Å²) >= 11 is 0. The molecule has 0 aliphatic heterocycles. The molecule has 2 heterocycles. The molecular formula is C34H38N4O. The number of fused-ring (bicyclic) bond motifs is 1. The van der Waals surface area contributed by atoms with Crippen molar-refractivity contribution in [3.63, 3.8) is 0 Å². The third-order valence-corrected chi connectivity index (χ3v) is 8.04. The molecule has 0 bridgehead atoms. The van der Waals surface area contributed by atoms with Crippen LogP contribution < -0.4 is 5.32 Å². The highest BCUT2D eigenvalue weighted by atomic mass is 16.1. The minimum atomic E-state index is 0.141. The van der Waals surface area contributed by atoms with Crippen molar-refractivity contribution < 1.29 is 4.79 Å². The molecule has 0 radical (unpaired) electrons. The Balaban J connectivity index is 1.36. The molecule has 39 heavy (non-hydrogen) atoms. The molecule has 5 heteroatoms. The van der Waals surface area contributed by atoms with E-state index in [0.29, 0.717) is 24.3 Å². The lowest BCUT2D eigenvalue weighted by atomic mass is 9.83. The third kappa shape index (κ3) is 5.95.